The highest BCUT2D eigenvalue weighted by atomic mass is 33.1. The van der Waals surface area contributed by atoms with Crippen LogP contribution in [0.5, 0.6) is 0 Å². The van der Waals surface area contributed by atoms with E-state index in [0.29, 0.717) is 54.9 Å². The van der Waals surface area contributed by atoms with E-state index in [1.807, 2.05) is 6.92 Å². The lowest BCUT2D eigenvalue weighted by Gasteiger charge is -2.34. The highest BCUT2D eigenvalue weighted by molar-refractivity contribution is 8.78. The Kier molecular flexibility index (Phi) is 16.4. The summed E-state index contributed by atoms with van der Waals surface area (Å²) in [5.74, 6) is -4.34. The molecule has 3 aliphatic rings. The number of esters is 4. The summed E-state index contributed by atoms with van der Waals surface area (Å²) in [7, 11) is 4.61. The van der Waals surface area contributed by atoms with Crippen LogP contribution < -0.4 is 10.7 Å². The number of aliphatic hydroxyl groups is 3. The number of carbonyl (C=O) groups is 6. The molecule has 3 N–H and O–H groups in total. The predicted molar refractivity (Wildman–Crippen MR) is 198 cm³/mol. The minimum Gasteiger partial charge on any atom is -0.505 e. The third-order valence-electron chi connectivity index (χ3n) is 9.11. The molecule has 0 bridgehead atoms. The molecule has 0 aromatic heterocycles. The summed E-state index contributed by atoms with van der Waals surface area (Å²) in [6.07, 6.45) is 0.0510. The van der Waals surface area contributed by atoms with Crippen molar-refractivity contribution >= 4 is 57.8 Å². The normalized spacial score (nSPS) is 19.9. The van der Waals surface area contributed by atoms with Crippen molar-refractivity contribution in [3.63, 3.8) is 0 Å². The van der Waals surface area contributed by atoms with Crippen molar-refractivity contribution in [2.24, 2.45) is 9.98 Å². The molecule has 1 aromatic carbocycles. The van der Waals surface area contributed by atoms with Gasteiger partial charge >= 0.3 is 23.9 Å². The number of allylic oxidation sites excluding steroid dienone is 1. The van der Waals surface area contributed by atoms with Crippen molar-refractivity contribution in [3.05, 3.63) is 56.6 Å². The first-order valence-electron chi connectivity index (χ1n) is 17.8. The lowest BCUT2D eigenvalue weighted by molar-refractivity contribution is -0.156. The molecule has 2 atom stereocenters. The Morgan fingerprint density at radius 1 is 1.02 bits per heavy atom. The minimum absolute atomic E-state index is 0.000901. The molecule has 1 fully saturated rings. The van der Waals surface area contributed by atoms with Gasteiger partial charge in [-0.25, -0.2) is 4.79 Å². The zero-order chi connectivity index (χ0) is 40.1. The quantitative estimate of drug-likeness (QED) is 0.0742. The van der Waals surface area contributed by atoms with Gasteiger partial charge in [-0.2, -0.15) is 0 Å². The van der Waals surface area contributed by atoms with Gasteiger partial charge in [-0.05, 0) is 57.2 Å². The molecule has 19 heteroatoms. The molecule has 300 valence electrons. The van der Waals surface area contributed by atoms with Crippen molar-refractivity contribution < 1.29 is 63.0 Å². The average Bonchev–Trinajstić information content (AvgIpc) is 3.76. The number of aliphatic hydroxyl groups excluding tert-OH is 3. The van der Waals surface area contributed by atoms with E-state index >= 15 is 0 Å². The van der Waals surface area contributed by atoms with Crippen molar-refractivity contribution in [1.82, 2.24) is 9.80 Å². The number of ether oxygens (including phenoxy) is 4. The molecule has 1 aliphatic carbocycles. The number of amides is 2. The first-order chi connectivity index (χ1) is 26.3. The van der Waals surface area contributed by atoms with Gasteiger partial charge in [-0.3, -0.25) is 34.0 Å². The summed E-state index contributed by atoms with van der Waals surface area (Å²) in [5, 5.41) is 30.7. The number of cyclic esters (lactones) is 1. The van der Waals surface area contributed by atoms with Gasteiger partial charge in [0, 0.05) is 54.3 Å². The van der Waals surface area contributed by atoms with Crippen molar-refractivity contribution in [2.75, 3.05) is 39.2 Å². The minimum atomic E-state index is -1.67. The maximum Gasteiger partial charge on any atom is 0.377 e. The van der Waals surface area contributed by atoms with Crippen LogP contribution in [0.15, 0.2) is 50.3 Å². The Morgan fingerprint density at radius 2 is 1.73 bits per heavy atom. The number of carbonyl (C=O) groups excluding carboxylic acids is 6. The van der Waals surface area contributed by atoms with Crippen LogP contribution in [0.3, 0.4) is 0 Å². The van der Waals surface area contributed by atoms with Crippen LogP contribution in [-0.4, -0.2) is 125 Å². The molecule has 2 unspecified atom stereocenters. The molecule has 2 aliphatic heterocycles. The lowest BCUT2D eigenvalue weighted by atomic mass is 9.91. The third-order valence-corrected chi connectivity index (χ3v) is 11.8. The van der Waals surface area contributed by atoms with E-state index in [1.165, 1.54) is 21.6 Å². The number of hydrogen-bond acceptors (Lipinski definition) is 17. The van der Waals surface area contributed by atoms with Crippen LogP contribution in [-0.2, 0) is 42.9 Å². The topological polar surface area (TPSA) is 231 Å². The first-order valence-corrected chi connectivity index (χ1v) is 20.1. The number of rotatable bonds is 20. The van der Waals surface area contributed by atoms with Crippen molar-refractivity contribution in [3.8, 4) is 0 Å². The van der Waals surface area contributed by atoms with E-state index in [0.717, 1.165) is 21.4 Å². The number of fused-ring (bicyclic) bond motifs is 1. The molecule has 0 spiro atoms. The zero-order valence-corrected chi connectivity index (χ0v) is 32.5. The van der Waals surface area contributed by atoms with Gasteiger partial charge in [-0.15, -0.1) is 0 Å². The standard InChI is InChI=1S/C36H46N4O13S2/c1-4-54-55-28(21(2)40(20-41)17-31(45)51-18-27(42)34-32(46)33(47)36(49)53-34)14-15-50-29(43)6-5-7-30(44)52-24-11-9-23(10-12-24)39(3)35(48)22-8-13-25-26(16-22)38-19-37-25/h8,13,16,20,23-24,27,34,42,46-47H,4-7,9-12,14-15,17-19H2,1-3H3/b28-21-. The number of nitrogens with zero attached hydrogens (tertiary/aromatic N) is 4. The van der Waals surface area contributed by atoms with Gasteiger partial charge in [0.2, 0.25) is 12.2 Å². The van der Waals surface area contributed by atoms with E-state index in [-0.39, 0.29) is 50.3 Å². The second-order valence-electron chi connectivity index (χ2n) is 12.9. The molecule has 17 nitrogen and oxygen atoms in total. The fourth-order valence-corrected chi connectivity index (χ4v) is 8.02. The van der Waals surface area contributed by atoms with E-state index in [4.69, 9.17) is 14.2 Å². The van der Waals surface area contributed by atoms with E-state index in [9.17, 15) is 44.1 Å². The molecule has 2 amide bonds. The molecular weight excluding hydrogens is 761 g/mol. The zero-order valence-electron chi connectivity index (χ0n) is 30.8. The van der Waals surface area contributed by atoms with Gasteiger partial charge in [-0.1, -0.05) is 28.5 Å². The summed E-state index contributed by atoms with van der Waals surface area (Å²) >= 11 is 0. The monoisotopic (exact) mass is 806 g/mol. The van der Waals surface area contributed by atoms with Crippen LogP contribution >= 0.6 is 21.6 Å². The molecule has 55 heavy (non-hydrogen) atoms. The lowest BCUT2D eigenvalue weighted by Crippen LogP contribution is -2.41. The maximum absolute atomic E-state index is 13.1. The second-order valence-corrected chi connectivity index (χ2v) is 15.5. The predicted octanol–water partition coefficient (Wildman–Crippen LogP) is 2.18. The SMILES string of the molecule is CCSS/C(CCOC(=O)CCCC(=O)OC1CCC(N(C)C(=O)c2ccc3c(c2)=NCN=3)CC1)=C(/C)N(C=O)CC(=O)OCC(O)C1OC(=O)C(O)=C1O. The summed E-state index contributed by atoms with van der Waals surface area (Å²) in [4.78, 5) is 85.8. The Bertz CT molecular complexity index is 1800. The Hall–Kier alpha value is -4.62. The largest absolute Gasteiger partial charge is 0.505 e. The summed E-state index contributed by atoms with van der Waals surface area (Å²) in [6, 6.07) is 5.36. The van der Waals surface area contributed by atoms with Crippen LogP contribution in [0.1, 0.15) is 75.6 Å². The molecule has 0 saturated heterocycles. The molecule has 2 heterocycles. The van der Waals surface area contributed by atoms with Crippen LogP contribution in [0, 0.1) is 0 Å². The highest BCUT2D eigenvalue weighted by Crippen LogP contribution is 2.35. The summed E-state index contributed by atoms with van der Waals surface area (Å²) in [6.45, 7) is 2.68. The Balaban J connectivity index is 1.14. The summed E-state index contributed by atoms with van der Waals surface area (Å²) < 4.78 is 20.6. The maximum atomic E-state index is 13.1. The van der Waals surface area contributed by atoms with Crippen LogP contribution in [0.2, 0.25) is 0 Å². The van der Waals surface area contributed by atoms with Gasteiger partial charge in [0.25, 0.3) is 5.91 Å². The van der Waals surface area contributed by atoms with E-state index in [2.05, 4.69) is 14.7 Å². The van der Waals surface area contributed by atoms with Crippen molar-refractivity contribution in [2.45, 2.75) is 89.6 Å². The van der Waals surface area contributed by atoms with E-state index < -0.39 is 60.8 Å². The fourth-order valence-electron chi connectivity index (χ4n) is 5.96. The van der Waals surface area contributed by atoms with E-state index in [1.54, 1.807) is 37.1 Å². The smallest absolute Gasteiger partial charge is 0.377 e. The molecular formula is C36H46N4O13S2. The van der Waals surface area contributed by atoms with Crippen molar-refractivity contribution in [1.29, 1.82) is 0 Å². The second kappa shape index (κ2) is 20.9. The van der Waals surface area contributed by atoms with Gasteiger partial charge < -0.3 is 44.1 Å². The fraction of sp³-hybridized carbons (Fsp3) is 0.556. The van der Waals surface area contributed by atoms with Gasteiger partial charge in [0.15, 0.2) is 11.9 Å². The van der Waals surface area contributed by atoms with Crippen LogP contribution in [0.25, 0.3) is 0 Å². The Labute approximate surface area is 325 Å². The Morgan fingerprint density at radius 3 is 2.40 bits per heavy atom. The highest BCUT2D eigenvalue weighted by Gasteiger charge is 2.40. The molecule has 1 aromatic rings. The average molecular weight is 807 g/mol. The number of hydrogen-bond donors (Lipinski definition) is 3. The first kappa shape index (κ1) is 43.1. The molecule has 4 rings (SSSR count). The molecule has 1 saturated carbocycles. The third kappa shape index (κ3) is 12.2. The summed E-state index contributed by atoms with van der Waals surface area (Å²) in [5.41, 5.74) is 0.972. The van der Waals surface area contributed by atoms with Gasteiger partial charge in [0.05, 0.1) is 17.3 Å². The van der Waals surface area contributed by atoms with Crippen LogP contribution in [0.4, 0.5) is 0 Å². The molecule has 0 radical (unpaired) electrons. The van der Waals surface area contributed by atoms with Gasteiger partial charge in [0.1, 0.15) is 32.0 Å². The number of benzene rings is 1.